The summed E-state index contributed by atoms with van der Waals surface area (Å²) in [5.41, 5.74) is 0.998. The molecule has 0 aliphatic heterocycles. The molecule has 2 rings (SSSR count). The van der Waals surface area contributed by atoms with E-state index in [2.05, 4.69) is 10.3 Å². The van der Waals surface area contributed by atoms with Crippen LogP contribution in [-0.2, 0) is 11.3 Å². The van der Waals surface area contributed by atoms with E-state index >= 15 is 0 Å². The van der Waals surface area contributed by atoms with Crippen molar-refractivity contribution in [2.45, 2.75) is 32.2 Å². The fourth-order valence-corrected chi connectivity index (χ4v) is 2.91. The molecule has 0 aromatic carbocycles. The molecular weight excluding hydrogens is 256 g/mol. The van der Waals surface area contributed by atoms with E-state index in [0.717, 1.165) is 37.8 Å². The third kappa shape index (κ3) is 3.70. The average Bonchev–Trinajstić information content (AvgIpc) is 2.48. The quantitative estimate of drug-likeness (QED) is 0.833. The molecule has 0 amide bonds. The highest BCUT2D eigenvalue weighted by Gasteiger charge is 2.30. The van der Waals surface area contributed by atoms with Gasteiger partial charge in [-0.1, -0.05) is 18.9 Å². The Kier molecular flexibility index (Phi) is 5.35. The molecule has 2 atom stereocenters. The second kappa shape index (κ2) is 7.24. The normalized spacial score (nSPS) is 22.4. The van der Waals surface area contributed by atoms with E-state index in [9.17, 15) is 9.90 Å². The van der Waals surface area contributed by atoms with E-state index < -0.39 is 5.97 Å². The zero-order valence-corrected chi connectivity index (χ0v) is 11.8. The largest absolute Gasteiger partial charge is 0.481 e. The number of carbonyl (C=O) groups is 1. The third-order valence-corrected chi connectivity index (χ3v) is 3.99. The molecule has 2 unspecified atom stereocenters. The van der Waals surface area contributed by atoms with Gasteiger partial charge in [0, 0.05) is 18.3 Å². The molecule has 110 valence electrons. The second-order valence-corrected chi connectivity index (χ2v) is 5.29. The lowest BCUT2D eigenvalue weighted by Crippen LogP contribution is -2.34. The minimum absolute atomic E-state index is 0.202. The fraction of sp³-hybridized carbons (Fsp3) is 0.600. The van der Waals surface area contributed by atoms with Crippen LogP contribution in [0.4, 0.5) is 0 Å². The molecule has 1 fully saturated rings. The predicted molar refractivity (Wildman–Crippen MR) is 75.6 cm³/mol. The molecule has 1 aromatic heterocycles. The second-order valence-electron chi connectivity index (χ2n) is 5.29. The highest BCUT2D eigenvalue weighted by atomic mass is 16.5. The molecule has 0 radical (unpaired) electrons. The van der Waals surface area contributed by atoms with Crippen molar-refractivity contribution in [3.63, 3.8) is 0 Å². The summed E-state index contributed by atoms with van der Waals surface area (Å²) in [7, 11) is 1.60. The van der Waals surface area contributed by atoms with Crippen LogP contribution in [0.1, 0.15) is 31.2 Å². The molecule has 0 bridgehead atoms. The molecule has 1 aliphatic rings. The molecule has 1 saturated carbocycles. The third-order valence-electron chi connectivity index (χ3n) is 3.99. The van der Waals surface area contributed by atoms with Crippen LogP contribution < -0.4 is 10.1 Å². The standard InChI is InChI=1S/C15H22N2O3/c1-20-14-12(6-4-8-17-14)10-16-9-11-5-2-3-7-13(11)15(18)19/h4,6,8,11,13,16H,2-3,5,7,9-10H2,1H3,(H,18,19). The number of methoxy groups -OCH3 is 1. The van der Waals surface area contributed by atoms with Crippen LogP contribution in [-0.4, -0.2) is 29.7 Å². The van der Waals surface area contributed by atoms with Crippen LogP contribution in [0.25, 0.3) is 0 Å². The number of nitrogens with zero attached hydrogens (tertiary/aromatic N) is 1. The summed E-state index contributed by atoms with van der Waals surface area (Å²) in [5.74, 6) is -0.00940. The first kappa shape index (κ1) is 14.8. The van der Waals surface area contributed by atoms with Crippen molar-refractivity contribution < 1.29 is 14.6 Å². The Balaban J connectivity index is 1.86. The molecule has 5 heteroatoms. The van der Waals surface area contributed by atoms with Gasteiger partial charge in [0.2, 0.25) is 5.88 Å². The molecule has 1 aliphatic carbocycles. The Morgan fingerprint density at radius 2 is 2.30 bits per heavy atom. The molecule has 0 spiro atoms. The van der Waals surface area contributed by atoms with E-state index in [1.165, 1.54) is 0 Å². The maximum Gasteiger partial charge on any atom is 0.306 e. The van der Waals surface area contributed by atoms with Gasteiger partial charge in [-0.05, 0) is 31.4 Å². The van der Waals surface area contributed by atoms with Crippen LogP contribution in [0.2, 0.25) is 0 Å². The first-order chi connectivity index (χ1) is 9.72. The van der Waals surface area contributed by atoms with Crippen LogP contribution in [0, 0.1) is 11.8 Å². The van der Waals surface area contributed by atoms with E-state index in [-0.39, 0.29) is 11.8 Å². The highest BCUT2D eigenvalue weighted by molar-refractivity contribution is 5.70. The van der Waals surface area contributed by atoms with Gasteiger partial charge in [-0.25, -0.2) is 4.98 Å². The summed E-state index contributed by atoms with van der Waals surface area (Å²) >= 11 is 0. The zero-order chi connectivity index (χ0) is 14.4. The molecule has 20 heavy (non-hydrogen) atoms. The molecular formula is C15H22N2O3. The van der Waals surface area contributed by atoms with E-state index in [1.54, 1.807) is 13.3 Å². The minimum Gasteiger partial charge on any atom is -0.481 e. The topological polar surface area (TPSA) is 71.5 Å². The number of rotatable bonds is 6. The van der Waals surface area contributed by atoms with Crippen molar-refractivity contribution in [3.05, 3.63) is 23.9 Å². The summed E-state index contributed by atoms with van der Waals surface area (Å²) < 4.78 is 5.20. The predicted octanol–water partition coefficient (Wildman–Crippen LogP) is 2.07. The maximum absolute atomic E-state index is 11.2. The number of nitrogens with one attached hydrogen (secondary N) is 1. The first-order valence-electron chi connectivity index (χ1n) is 7.13. The van der Waals surface area contributed by atoms with Gasteiger partial charge in [0.05, 0.1) is 13.0 Å². The first-order valence-corrected chi connectivity index (χ1v) is 7.13. The van der Waals surface area contributed by atoms with Gasteiger partial charge >= 0.3 is 5.97 Å². The molecule has 1 heterocycles. The van der Waals surface area contributed by atoms with Gasteiger partial charge in [-0.15, -0.1) is 0 Å². The molecule has 0 saturated heterocycles. The highest BCUT2D eigenvalue weighted by Crippen LogP contribution is 2.29. The number of pyridine rings is 1. The summed E-state index contributed by atoms with van der Waals surface area (Å²) in [6, 6.07) is 3.84. The number of aromatic nitrogens is 1. The number of hydrogen-bond acceptors (Lipinski definition) is 4. The monoisotopic (exact) mass is 278 g/mol. The Hall–Kier alpha value is -1.62. The lowest BCUT2D eigenvalue weighted by atomic mass is 9.79. The number of carboxylic acids is 1. The van der Waals surface area contributed by atoms with Crippen molar-refractivity contribution in [3.8, 4) is 5.88 Å². The van der Waals surface area contributed by atoms with E-state index in [4.69, 9.17) is 4.74 Å². The summed E-state index contributed by atoms with van der Waals surface area (Å²) in [6.45, 7) is 1.38. The van der Waals surface area contributed by atoms with Crippen LogP contribution in [0.5, 0.6) is 5.88 Å². The summed E-state index contributed by atoms with van der Waals surface area (Å²) in [4.78, 5) is 15.4. The van der Waals surface area contributed by atoms with E-state index in [0.29, 0.717) is 12.4 Å². The van der Waals surface area contributed by atoms with Gasteiger partial charge in [0.1, 0.15) is 0 Å². The summed E-state index contributed by atoms with van der Waals surface area (Å²) in [5, 5.41) is 12.6. The lowest BCUT2D eigenvalue weighted by Gasteiger charge is -2.28. The number of carboxylic acid groups (broad SMARTS) is 1. The van der Waals surface area contributed by atoms with Gasteiger partial charge in [-0.3, -0.25) is 4.79 Å². The fourth-order valence-electron chi connectivity index (χ4n) is 2.91. The Morgan fingerprint density at radius 3 is 3.05 bits per heavy atom. The van der Waals surface area contributed by atoms with Crippen molar-refractivity contribution >= 4 is 5.97 Å². The van der Waals surface area contributed by atoms with Crippen molar-refractivity contribution in [2.75, 3.05) is 13.7 Å². The maximum atomic E-state index is 11.2. The minimum atomic E-state index is -0.657. The Bertz CT molecular complexity index is 450. The smallest absolute Gasteiger partial charge is 0.306 e. The van der Waals surface area contributed by atoms with Gasteiger partial charge in [0.15, 0.2) is 0 Å². The van der Waals surface area contributed by atoms with Crippen molar-refractivity contribution in [1.29, 1.82) is 0 Å². The molecule has 1 aromatic rings. The van der Waals surface area contributed by atoms with Crippen LogP contribution in [0.15, 0.2) is 18.3 Å². The molecule has 5 nitrogen and oxygen atoms in total. The number of ether oxygens (including phenoxy) is 1. The van der Waals surface area contributed by atoms with Crippen molar-refractivity contribution in [1.82, 2.24) is 10.3 Å². The van der Waals surface area contributed by atoms with Gasteiger partial charge < -0.3 is 15.2 Å². The zero-order valence-electron chi connectivity index (χ0n) is 11.8. The van der Waals surface area contributed by atoms with Crippen LogP contribution in [0.3, 0.4) is 0 Å². The van der Waals surface area contributed by atoms with Crippen LogP contribution >= 0.6 is 0 Å². The summed E-state index contributed by atoms with van der Waals surface area (Å²) in [6.07, 6.45) is 5.66. The Labute approximate surface area is 119 Å². The van der Waals surface area contributed by atoms with Gasteiger partial charge in [-0.2, -0.15) is 0 Å². The number of aliphatic carboxylic acids is 1. The SMILES string of the molecule is COc1ncccc1CNCC1CCCCC1C(=O)O. The Morgan fingerprint density at radius 1 is 1.50 bits per heavy atom. The average molecular weight is 278 g/mol. The number of hydrogen-bond donors (Lipinski definition) is 2. The molecule has 2 N–H and O–H groups in total. The lowest BCUT2D eigenvalue weighted by molar-refractivity contribution is -0.144. The van der Waals surface area contributed by atoms with E-state index in [1.807, 2.05) is 12.1 Å². The van der Waals surface area contributed by atoms with Gasteiger partial charge in [0.25, 0.3) is 0 Å². The van der Waals surface area contributed by atoms with Crippen molar-refractivity contribution in [2.24, 2.45) is 11.8 Å².